The second kappa shape index (κ2) is 7.53. The Hall–Kier alpha value is -2.27. The minimum atomic E-state index is 0.610. The number of hydrogen-bond acceptors (Lipinski definition) is 3. The number of thiocarbonyl (C=S) groups is 1. The first-order chi connectivity index (χ1) is 11.6. The number of ether oxygens (including phenoxy) is 2. The summed E-state index contributed by atoms with van der Waals surface area (Å²) in [7, 11) is 0. The monoisotopic (exact) mass is 342 g/mol. The highest BCUT2D eigenvalue weighted by Gasteiger charge is 2.11. The van der Waals surface area contributed by atoms with Crippen LogP contribution in [-0.2, 0) is 6.42 Å². The molecule has 0 amide bonds. The molecule has 0 atom stereocenters. The summed E-state index contributed by atoms with van der Waals surface area (Å²) in [6.07, 6.45) is 0.866. The van der Waals surface area contributed by atoms with Crippen LogP contribution in [0, 0.1) is 13.8 Å². The van der Waals surface area contributed by atoms with E-state index < -0.39 is 0 Å². The first-order valence-corrected chi connectivity index (χ1v) is 8.53. The Labute approximate surface area is 148 Å². The van der Waals surface area contributed by atoms with Gasteiger partial charge in [-0.3, -0.25) is 0 Å². The number of anilines is 1. The molecule has 24 heavy (non-hydrogen) atoms. The van der Waals surface area contributed by atoms with E-state index in [1.54, 1.807) is 0 Å². The molecule has 1 heterocycles. The van der Waals surface area contributed by atoms with E-state index in [0.29, 0.717) is 18.3 Å². The van der Waals surface area contributed by atoms with Crippen LogP contribution in [0.4, 0.5) is 5.69 Å². The van der Waals surface area contributed by atoms with Crippen molar-refractivity contribution in [2.45, 2.75) is 20.3 Å². The lowest BCUT2D eigenvalue weighted by Crippen LogP contribution is -2.30. The number of hydrogen-bond donors (Lipinski definition) is 2. The minimum absolute atomic E-state index is 0.610. The lowest BCUT2D eigenvalue weighted by molar-refractivity contribution is 0.171. The van der Waals surface area contributed by atoms with Gasteiger partial charge in [0.25, 0.3) is 0 Å². The minimum Gasteiger partial charge on any atom is -0.486 e. The van der Waals surface area contributed by atoms with Gasteiger partial charge in [-0.05, 0) is 73.4 Å². The molecule has 0 spiro atoms. The van der Waals surface area contributed by atoms with Crippen LogP contribution in [0.5, 0.6) is 11.5 Å². The Bertz CT molecular complexity index is 726. The highest BCUT2D eigenvalue weighted by atomic mass is 32.1. The second-order valence-corrected chi connectivity index (χ2v) is 6.39. The average Bonchev–Trinajstić information content (AvgIpc) is 2.53. The van der Waals surface area contributed by atoms with Gasteiger partial charge in [0.2, 0.25) is 0 Å². The van der Waals surface area contributed by atoms with Gasteiger partial charge in [0.1, 0.15) is 13.2 Å². The average molecular weight is 342 g/mol. The van der Waals surface area contributed by atoms with Crippen LogP contribution in [0.25, 0.3) is 0 Å². The summed E-state index contributed by atoms with van der Waals surface area (Å²) < 4.78 is 11.1. The van der Waals surface area contributed by atoms with Gasteiger partial charge >= 0.3 is 0 Å². The summed E-state index contributed by atoms with van der Waals surface area (Å²) in [6.45, 7) is 6.15. The fraction of sp³-hybridized carbons (Fsp3) is 0.316. The van der Waals surface area contributed by atoms with Gasteiger partial charge in [0, 0.05) is 12.2 Å². The van der Waals surface area contributed by atoms with E-state index in [0.717, 1.165) is 30.2 Å². The van der Waals surface area contributed by atoms with Crippen LogP contribution in [0.2, 0.25) is 0 Å². The predicted molar refractivity (Wildman–Crippen MR) is 101 cm³/mol. The maximum Gasteiger partial charge on any atom is 0.170 e. The molecule has 0 bridgehead atoms. The van der Waals surface area contributed by atoms with Crippen LogP contribution in [0.15, 0.2) is 36.4 Å². The summed E-state index contributed by atoms with van der Waals surface area (Å²) in [5.74, 6) is 1.65. The van der Waals surface area contributed by atoms with Crippen molar-refractivity contribution in [1.29, 1.82) is 0 Å². The maximum absolute atomic E-state index is 5.61. The molecule has 0 fully saturated rings. The molecule has 0 aliphatic carbocycles. The van der Waals surface area contributed by atoms with Crippen LogP contribution < -0.4 is 20.1 Å². The van der Waals surface area contributed by atoms with Crippen LogP contribution in [-0.4, -0.2) is 24.9 Å². The zero-order chi connectivity index (χ0) is 16.9. The van der Waals surface area contributed by atoms with Crippen molar-refractivity contribution in [1.82, 2.24) is 5.32 Å². The highest BCUT2D eigenvalue weighted by molar-refractivity contribution is 7.80. The third kappa shape index (κ3) is 4.38. The smallest absolute Gasteiger partial charge is 0.170 e. The summed E-state index contributed by atoms with van der Waals surface area (Å²) in [5, 5.41) is 7.12. The van der Waals surface area contributed by atoms with Gasteiger partial charge in [-0.1, -0.05) is 12.1 Å². The molecule has 0 saturated carbocycles. The largest absolute Gasteiger partial charge is 0.486 e. The van der Waals surface area contributed by atoms with E-state index in [1.165, 1.54) is 16.7 Å². The molecule has 0 aromatic heterocycles. The van der Waals surface area contributed by atoms with Crippen LogP contribution >= 0.6 is 12.2 Å². The lowest BCUT2D eigenvalue weighted by Gasteiger charge is -2.19. The van der Waals surface area contributed by atoms with Crippen molar-refractivity contribution in [3.63, 3.8) is 0 Å². The second-order valence-electron chi connectivity index (χ2n) is 5.99. The molecule has 4 nitrogen and oxygen atoms in total. The Morgan fingerprint density at radius 2 is 1.71 bits per heavy atom. The standard InChI is InChI=1S/C19H22N2O2S/c1-13-9-14(2)11-16(10-13)21-19(24)20-6-5-15-3-4-17-18(12-15)23-8-7-22-17/h3-4,9-12H,5-8H2,1-2H3,(H2,20,21,24). The molecule has 2 aromatic carbocycles. The molecule has 0 radical (unpaired) electrons. The number of benzene rings is 2. The van der Waals surface area contributed by atoms with Crippen molar-refractivity contribution in [2.24, 2.45) is 0 Å². The first kappa shape index (κ1) is 16.6. The molecule has 5 heteroatoms. The SMILES string of the molecule is Cc1cc(C)cc(NC(=S)NCCc2ccc3c(c2)OCCO3)c1. The molecule has 2 aromatic rings. The van der Waals surface area contributed by atoms with Crippen LogP contribution in [0.1, 0.15) is 16.7 Å². The topological polar surface area (TPSA) is 42.5 Å². The number of fused-ring (bicyclic) bond motifs is 1. The van der Waals surface area contributed by atoms with E-state index in [4.69, 9.17) is 21.7 Å². The molecule has 0 saturated heterocycles. The summed E-state index contributed by atoms with van der Waals surface area (Å²) in [5.41, 5.74) is 4.65. The van der Waals surface area contributed by atoms with Gasteiger partial charge in [-0.2, -0.15) is 0 Å². The zero-order valence-electron chi connectivity index (χ0n) is 14.0. The van der Waals surface area contributed by atoms with Crippen molar-refractivity contribution in [3.05, 3.63) is 53.1 Å². The fourth-order valence-corrected chi connectivity index (χ4v) is 3.01. The molecular formula is C19H22N2O2S. The number of aryl methyl sites for hydroxylation is 2. The lowest BCUT2D eigenvalue weighted by atomic mass is 10.1. The molecular weight excluding hydrogens is 320 g/mol. The molecule has 1 aliphatic rings. The molecule has 0 unspecified atom stereocenters. The Kier molecular flexibility index (Phi) is 5.20. The van der Waals surface area contributed by atoms with Gasteiger partial charge in [0.05, 0.1) is 0 Å². The molecule has 3 rings (SSSR count). The Morgan fingerprint density at radius 1 is 1.00 bits per heavy atom. The Balaban J connectivity index is 1.50. The van der Waals surface area contributed by atoms with Crippen molar-refractivity contribution in [2.75, 3.05) is 25.1 Å². The third-order valence-electron chi connectivity index (χ3n) is 3.79. The third-order valence-corrected chi connectivity index (χ3v) is 4.03. The predicted octanol–water partition coefficient (Wildman–Crippen LogP) is 3.60. The first-order valence-electron chi connectivity index (χ1n) is 8.12. The van der Waals surface area contributed by atoms with Crippen molar-refractivity contribution >= 4 is 23.0 Å². The summed E-state index contributed by atoms with van der Waals surface area (Å²) in [4.78, 5) is 0. The van der Waals surface area contributed by atoms with Crippen molar-refractivity contribution < 1.29 is 9.47 Å². The quantitative estimate of drug-likeness (QED) is 0.831. The highest BCUT2D eigenvalue weighted by Crippen LogP contribution is 2.30. The van der Waals surface area contributed by atoms with Gasteiger partial charge in [-0.15, -0.1) is 0 Å². The normalized spacial score (nSPS) is 12.6. The van der Waals surface area contributed by atoms with E-state index in [-0.39, 0.29) is 0 Å². The fourth-order valence-electron chi connectivity index (χ4n) is 2.79. The summed E-state index contributed by atoms with van der Waals surface area (Å²) in [6, 6.07) is 12.4. The summed E-state index contributed by atoms with van der Waals surface area (Å²) >= 11 is 5.37. The van der Waals surface area contributed by atoms with Gasteiger partial charge in [0.15, 0.2) is 16.6 Å². The maximum atomic E-state index is 5.61. The molecule has 2 N–H and O–H groups in total. The van der Waals surface area contributed by atoms with E-state index >= 15 is 0 Å². The van der Waals surface area contributed by atoms with E-state index in [1.807, 2.05) is 12.1 Å². The Morgan fingerprint density at radius 3 is 2.46 bits per heavy atom. The van der Waals surface area contributed by atoms with Crippen LogP contribution in [0.3, 0.4) is 0 Å². The van der Waals surface area contributed by atoms with Crippen molar-refractivity contribution in [3.8, 4) is 11.5 Å². The molecule has 126 valence electrons. The van der Waals surface area contributed by atoms with Gasteiger partial charge < -0.3 is 20.1 Å². The van der Waals surface area contributed by atoms with E-state index in [2.05, 4.69) is 48.7 Å². The number of rotatable bonds is 4. The van der Waals surface area contributed by atoms with Gasteiger partial charge in [-0.25, -0.2) is 0 Å². The zero-order valence-corrected chi connectivity index (χ0v) is 14.8. The molecule has 1 aliphatic heterocycles. The number of nitrogens with one attached hydrogen (secondary N) is 2. The van der Waals surface area contributed by atoms with E-state index in [9.17, 15) is 0 Å².